The number of likely N-dealkylation sites (N-methyl/N-ethyl adjacent to an activating group) is 1. The molecular weight excluding hydrogens is 272 g/mol. The number of allylic oxidation sites excluding steroid dienone is 1. The largest absolute Gasteiger partial charge is 0.494 e. The lowest BCUT2D eigenvalue weighted by Gasteiger charge is -2.12. The van der Waals surface area contributed by atoms with E-state index in [9.17, 15) is 14.7 Å². The summed E-state index contributed by atoms with van der Waals surface area (Å²) >= 11 is 0. The highest BCUT2D eigenvalue weighted by Gasteiger charge is 2.17. The van der Waals surface area contributed by atoms with Gasteiger partial charge in [-0.05, 0) is 20.5 Å². The highest BCUT2D eigenvalue weighted by molar-refractivity contribution is 6.01. The van der Waals surface area contributed by atoms with Crippen LogP contribution in [-0.4, -0.2) is 52.5 Å². The molecule has 1 aromatic rings. The molecule has 0 unspecified atom stereocenters. The molecule has 0 fully saturated rings. The van der Waals surface area contributed by atoms with Gasteiger partial charge in [0.2, 0.25) is 5.88 Å². The monoisotopic (exact) mass is 294 g/mol. The number of hydrogen-bond acceptors (Lipinski definition) is 5. The van der Waals surface area contributed by atoms with E-state index in [0.717, 1.165) is 11.1 Å². The molecule has 0 aliphatic carbocycles. The highest BCUT2D eigenvalue weighted by atomic mass is 16.3. The molecule has 0 amide bonds. The van der Waals surface area contributed by atoms with E-state index in [2.05, 4.69) is 16.6 Å². The van der Waals surface area contributed by atoms with Gasteiger partial charge in [-0.2, -0.15) is 0 Å². The summed E-state index contributed by atoms with van der Waals surface area (Å²) in [6.07, 6.45) is 1.95. The Hall–Kier alpha value is -2.15. The fourth-order valence-corrected chi connectivity index (χ4v) is 1.87. The summed E-state index contributed by atoms with van der Waals surface area (Å²) < 4.78 is 1.06. The van der Waals surface area contributed by atoms with E-state index < -0.39 is 11.2 Å². The molecule has 0 aliphatic heterocycles. The molecule has 0 bridgehead atoms. The number of rotatable bonds is 7. The smallest absolute Gasteiger partial charge is 0.331 e. The molecule has 0 atom stereocenters. The number of nitrogens with one attached hydrogen (secondary N) is 1. The van der Waals surface area contributed by atoms with Crippen molar-refractivity contribution in [1.82, 2.24) is 14.5 Å². The fourth-order valence-electron chi connectivity index (χ4n) is 1.87. The number of aliphatic imine (C=N–C) groups is 1. The maximum absolute atomic E-state index is 12.0. The van der Waals surface area contributed by atoms with Crippen molar-refractivity contribution in [3.63, 3.8) is 0 Å². The van der Waals surface area contributed by atoms with Gasteiger partial charge in [0.15, 0.2) is 0 Å². The third kappa shape index (κ3) is 4.16. The molecule has 0 spiro atoms. The van der Waals surface area contributed by atoms with Gasteiger partial charge in [-0.15, -0.1) is 6.58 Å². The lowest BCUT2D eigenvalue weighted by molar-refractivity contribution is 0.409. The Morgan fingerprint density at radius 2 is 2.14 bits per heavy atom. The SMILES string of the molecule is C=CCn1c(O)c(C(CC)=NCCN(C)C)c(=O)[nH]c1=O. The Labute approximate surface area is 123 Å². The molecule has 21 heavy (non-hydrogen) atoms. The molecule has 1 aromatic heterocycles. The van der Waals surface area contributed by atoms with E-state index in [-0.39, 0.29) is 18.0 Å². The maximum atomic E-state index is 12.0. The Morgan fingerprint density at radius 3 is 2.67 bits per heavy atom. The van der Waals surface area contributed by atoms with Gasteiger partial charge >= 0.3 is 5.69 Å². The van der Waals surface area contributed by atoms with Crippen LogP contribution in [0.4, 0.5) is 0 Å². The number of aromatic nitrogens is 2. The van der Waals surface area contributed by atoms with Crippen LogP contribution in [-0.2, 0) is 6.54 Å². The molecule has 0 saturated heterocycles. The predicted molar refractivity (Wildman–Crippen MR) is 83.4 cm³/mol. The van der Waals surface area contributed by atoms with Gasteiger partial charge in [0.25, 0.3) is 5.56 Å². The van der Waals surface area contributed by atoms with Gasteiger partial charge < -0.3 is 10.0 Å². The van der Waals surface area contributed by atoms with Crippen LogP contribution in [0.5, 0.6) is 5.88 Å². The van der Waals surface area contributed by atoms with Crippen molar-refractivity contribution in [3.05, 3.63) is 39.1 Å². The molecule has 0 aliphatic rings. The molecule has 1 rings (SSSR count). The van der Waals surface area contributed by atoms with Gasteiger partial charge in [-0.3, -0.25) is 19.3 Å². The number of aromatic hydroxyl groups is 1. The molecule has 0 radical (unpaired) electrons. The zero-order valence-corrected chi connectivity index (χ0v) is 12.7. The van der Waals surface area contributed by atoms with Gasteiger partial charge in [-0.25, -0.2) is 4.79 Å². The minimum Gasteiger partial charge on any atom is -0.494 e. The lowest BCUT2D eigenvalue weighted by atomic mass is 10.1. The standard InChI is InChI=1S/C14H22N4O3/c1-5-8-18-13(20)11(12(19)16-14(18)21)10(6-2)15-7-9-17(3)4/h5,20H,1,6-9H2,2-4H3,(H,16,19,21). The van der Waals surface area contributed by atoms with Gasteiger partial charge in [0.05, 0.1) is 12.3 Å². The zero-order valence-electron chi connectivity index (χ0n) is 12.7. The Balaban J connectivity index is 3.32. The van der Waals surface area contributed by atoms with E-state index in [0.29, 0.717) is 18.7 Å². The van der Waals surface area contributed by atoms with Crippen LogP contribution in [0.1, 0.15) is 18.9 Å². The van der Waals surface area contributed by atoms with E-state index in [1.807, 2.05) is 25.9 Å². The minimum absolute atomic E-state index is 0.0534. The van der Waals surface area contributed by atoms with Crippen LogP contribution in [0, 0.1) is 0 Å². The fraction of sp³-hybridized carbons (Fsp3) is 0.500. The van der Waals surface area contributed by atoms with Crippen LogP contribution < -0.4 is 11.2 Å². The Kier molecular flexibility index (Phi) is 6.10. The minimum atomic E-state index is -0.662. The Bertz CT molecular complexity index is 641. The third-order valence-corrected chi connectivity index (χ3v) is 2.96. The second kappa shape index (κ2) is 7.58. The molecule has 0 aromatic carbocycles. The molecule has 1 heterocycles. The normalized spacial score (nSPS) is 11.9. The third-order valence-electron chi connectivity index (χ3n) is 2.96. The van der Waals surface area contributed by atoms with Crippen molar-refractivity contribution in [2.24, 2.45) is 4.99 Å². The van der Waals surface area contributed by atoms with Crippen LogP contribution >= 0.6 is 0 Å². The summed E-state index contributed by atoms with van der Waals surface area (Å²) in [6.45, 7) is 6.72. The summed E-state index contributed by atoms with van der Waals surface area (Å²) in [5.41, 5.74) is -0.751. The van der Waals surface area contributed by atoms with Crippen LogP contribution in [0.15, 0.2) is 27.2 Å². The van der Waals surface area contributed by atoms with Crippen molar-refractivity contribution < 1.29 is 5.11 Å². The van der Waals surface area contributed by atoms with E-state index in [4.69, 9.17) is 0 Å². The van der Waals surface area contributed by atoms with Crippen LogP contribution in [0.2, 0.25) is 0 Å². The summed E-state index contributed by atoms with van der Waals surface area (Å²) in [6, 6.07) is 0. The first kappa shape index (κ1) is 16.9. The van der Waals surface area contributed by atoms with Crippen LogP contribution in [0.3, 0.4) is 0 Å². The van der Waals surface area contributed by atoms with E-state index in [1.165, 1.54) is 6.08 Å². The molecule has 0 saturated carbocycles. The first-order chi connectivity index (χ1) is 9.92. The maximum Gasteiger partial charge on any atom is 0.331 e. The molecular formula is C14H22N4O3. The topological polar surface area (TPSA) is 90.7 Å². The second-order valence-electron chi connectivity index (χ2n) is 4.84. The summed E-state index contributed by atoms with van der Waals surface area (Å²) in [4.78, 5) is 32.2. The Morgan fingerprint density at radius 1 is 1.48 bits per heavy atom. The van der Waals surface area contributed by atoms with E-state index >= 15 is 0 Å². The number of aromatic amines is 1. The number of H-pyrrole nitrogens is 1. The van der Waals surface area contributed by atoms with Gasteiger partial charge in [-0.1, -0.05) is 13.0 Å². The number of hydrogen-bond donors (Lipinski definition) is 2. The molecule has 116 valence electrons. The highest BCUT2D eigenvalue weighted by Crippen LogP contribution is 2.13. The van der Waals surface area contributed by atoms with Crippen molar-refractivity contribution >= 4 is 5.71 Å². The van der Waals surface area contributed by atoms with Gasteiger partial charge in [0, 0.05) is 13.1 Å². The molecule has 7 heteroatoms. The predicted octanol–water partition coefficient (Wildman–Crippen LogP) is 0.189. The van der Waals surface area contributed by atoms with Crippen molar-refractivity contribution in [3.8, 4) is 5.88 Å². The van der Waals surface area contributed by atoms with E-state index in [1.54, 1.807) is 0 Å². The van der Waals surface area contributed by atoms with Crippen LogP contribution in [0.25, 0.3) is 0 Å². The molecule has 7 nitrogen and oxygen atoms in total. The number of nitrogens with zero attached hydrogens (tertiary/aromatic N) is 3. The quantitative estimate of drug-likeness (QED) is 0.555. The molecule has 2 N–H and O–H groups in total. The second-order valence-corrected chi connectivity index (χ2v) is 4.84. The van der Waals surface area contributed by atoms with Crippen molar-refractivity contribution in [2.45, 2.75) is 19.9 Å². The van der Waals surface area contributed by atoms with Crippen molar-refractivity contribution in [2.75, 3.05) is 27.2 Å². The van der Waals surface area contributed by atoms with Gasteiger partial charge in [0.1, 0.15) is 5.56 Å². The average Bonchev–Trinajstić information content (AvgIpc) is 2.41. The van der Waals surface area contributed by atoms with Crippen molar-refractivity contribution in [1.29, 1.82) is 0 Å². The summed E-state index contributed by atoms with van der Waals surface area (Å²) in [5, 5.41) is 10.2. The average molecular weight is 294 g/mol. The summed E-state index contributed by atoms with van der Waals surface area (Å²) in [7, 11) is 3.85. The first-order valence-corrected chi connectivity index (χ1v) is 6.77. The first-order valence-electron chi connectivity index (χ1n) is 6.77. The lowest BCUT2D eigenvalue weighted by Crippen LogP contribution is -2.34. The zero-order chi connectivity index (χ0) is 16.0. The summed E-state index contributed by atoms with van der Waals surface area (Å²) in [5.74, 6) is -0.367.